The lowest BCUT2D eigenvalue weighted by molar-refractivity contribution is 0.0515. The van der Waals surface area contributed by atoms with Gasteiger partial charge in [-0.25, -0.2) is 18.7 Å². The van der Waals surface area contributed by atoms with Crippen molar-refractivity contribution in [3.05, 3.63) is 36.4 Å². The number of benzene rings is 1. The zero-order chi connectivity index (χ0) is 21.3. The van der Waals surface area contributed by atoms with Crippen LogP contribution in [0.25, 0.3) is 16.4 Å². The van der Waals surface area contributed by atoms with Crippen molar-refractivity contribution < 1.29 is 13.9 Å². The first-order valence-corrected chi connectivity index (χ1v) is 10.4. The monoisotopic (exact) mass is 413 g/mol. The zero-order valence-electron chi connectivity index (χ0n) is 17.6. The Balaban J connectivity index is 1.32. The van der Waals surface area contributed by atoms with Crippen molar-refractivity contribution in [1.29, 1.82) is 0 Å². The van der Waals surface area contributed by atoms with E-state index in [0.29, 0.717) is 24.0 Å². The smallest absolute Gasteiger partial charge is 0.407 e. The highest BCUT2D eigenvalue weighted by molar-refractivity contribution is 5.94. The van der Waals surface area contributed by atoms with Crippen LogP contribution in [0.2, 0.25) is 0 Å². The molecule has 0 radical (unpaired) electrons. The number of alkyl carbamates (subject to hydrolysis) is 1. The standard InChI is InChI=1S/C22H28FN5O2/c1-22(2,3)30-21(29)24-12-14-4-7-16(8-5-14)26-20-11-19-17-9-6-15(23)10-18(17)27-28(19)13-25-20/h6,9-11,13-14,16,26H,4-5,7-8,12H2,1-3H3,(H,24,29). The molecule has 8 heteroatoms. The molecule has 0 spiro atoms. The van der Waals surface area contributed by atoms with Crippen LogP contribution in [0, 0.1) is 11.7 Å². The van der Waals surface area contributed by atoms with Gasteiger partial charge >= 0.3 is 6.09 Å². The average molecular weight is 413 g/mol. The van der Waals surface area contributed by atoms with Crippen molar-refractivity contribution >= 4 is 28.3 Å². The Hall–Kier alpha value is -2.90. The second-order valence-corrected chi connectivity index (χ2v) is 9.01. The molecule has 1 amide bonds. The lowest BCUT2D eigenvalue weighted by Gasteiger charge is -2.29. The summed E-state index contributed by atoms with van der Waals surface area (Å²) in [6.07, 6.45) is 5.40. The van der Waals surface area contributed by atoms with E-state index in [1.807, 2.05) is 26.8 Å². The average Bonchev–Trinajstić information content (AvgIpc) is 3.03. The highest BCUT2D eigenvalue weighted by atomic mass is 19.1. The van der Waals surface area contributed by atoms with Gasteiger partial charge in [-0.1, -0.05) is 0 Å². The number of hydrogen-bond acceptors (Lipinski definition) is 5. The fourth-order valence-corrected chi connectivity index (χ4v) is 3.95. The van der Waals surface area contributed by atoms with Gasteiger partial charge in [0.05, 0.1) is 11.0 Å². The van der Waals surface area contributed by atoms with E-state index < -0.39 is 5.60 Å². The molecule has 0 bridgehead atoms. The molecule has 2 heterocycles. The molecule has 1 aromatic carbocycles. The molecule has 0 saturated heterocycles. The fraction of sp³-hybridized carbons (Fsp3) is 0.500. The summed E-state index contributed by atoms with van der Waals surface area (Å²) in [6.45, 7) is 6.23. The molecule has 160 valence electrons. The Bertz CT molecular complexity index is 1050. The second-order valence-electron chi connectivity index (χ2n) is 9.01. The number of hydrogen-bond donors (Lipinski definition) is 2. The van der Waals surface area contributed by atoms with Gasteiger partial charge in [-0.05, 0) is 64.5 Å². The number of anilines is 1. The van der Waals surface area contributed by atoms with Crippen LogP contribution < -0.4 is 10.6 Å². The number of carbonyl (C=O) groups excluding carboxylic acids is 1. The van der Waals surface area contributed by atoms with Crippen molar-refractivity contribution in [2.45, 2.75) is 58.1 Å². The van der Waals surface area contributed by atoms with Crippen LogP contribution in [0.3, 0.4) is 0 Å². The number of ether oxygens (including phenoxy) is 1. The number of nitrogens with one attached hydrogen (secondary N) is 2. The van der Waals surface area contributed by atoms with Crippen LogP contribution in [0.15, 0.2) is 30.6 Å². The van der Waals surface area contributed by atoms with Crippen LogP contribution in [0.1, 0.15) is 46.5 Å². The molecule has 2 aromatic heterocycles. The first kappa shape index (κ1) is 20.4. The molecule has 0 atom stereocenters. The minimum atomic E-state index is -0.477. The summed E-state index contributed by atoms with van der Waals surface area (Å²) in [4.78, 5) is 16.3. The van der Waals surface area contributed by atoms with E-state index in [-0.39, 0.29) is 11.9 Å². The van der Waals surface area contributed by atoms with Crippen molar-refractivity contribution in [1.82, 2.24) is 19.9 Å². The molecule has 1 saturated carbocycles. The number of aromatic nitrogens is 3. The van der Waals surface area contributed by atoms with Gasteiger partial charge in [-0.2, -0.15) is 5.10 Å². The number of nitrogens with zero attached hydrogens (tertiary/aromatic N) is 3. The maximum atomic E-state index is 13.4. The fourth-order valence-electron chi connectivity index (χ4n) is 3.95. The van der Waals surface area contributed by atoms with E-state index >= 15 is 0 Å². The molecule has 30 heavy (non-hydrogen) atoms. The summed E-state index contributed by atoms with van der Waals surface area (Å²) in [5.74, 6) is 0.957. The minimum absolute atomic E-state index is 0.296. The maximum Gasteiger partial charge on any atom is 0.407 e. The highest BCUT2D eigenvalue weighted by Crippen LogP contribution is 2.27. The quantitative estimate of drug-likeness (QED) is 0.657. The van der Waals surface area contributed by atoms with Gasteiger partial charge in [0.25, 0.3) is 0 Å². The molecule has 2 N–H and O–H groups in total. The van der Waals surface area contributed by atoms with Crippen LogP contribution in [0.5, 0.6) is 0 Å². The number of rotatable bonds is 4. The van der Waals surface area contributed by atoms with Gasteiger partial charge in [0.15, 0.2) is 0 Å². The predicted octanol–water partition coefficient (Wildman–Crippen LogP) is 4.52. The third kappa shape index (κ3) is 4.80. The molecule has 1 fully saturated rings. The normalized spacial score (nSPS) is 19.7. The molecule has 0 aliphatic heterocycles. The number of fused-ring (bicyclic) bond motifs is 3. The molecule has 4 rings (SSSR count). The van der Waals surface area contributed by atoms with Gasteiger partial charge in [-0.3, -0.25) is 0 Å². The Morgan fingerprint density at radius 2 is 2.00 bits per heavy atom. The van der Waals surface area contributed by atoms with Gasteiger partial charge in [0.2, 0.25) is 0 Å². The molecule has 0 unspecified atom stereocenters. The molecule has 1 aliphatic carbocycles. The summed E-state index contributed by atoms with van der Waals surface area (Å²) in [6, 6.07) is 6.93. The molecular weight excluding hydrogens is 385 g/mol. The van der Waals surface area contributed by atoms with Gasteiger partial charge < -0.3 is 15.4 Å². The molecule has 3 aromatic rings. The predicted molar refractivity (Wildman–Crippen MR) is 114 cm³/mol. The van der Waals surface area contributed by atoms with Crippen LogP contribution >= 0.6 is 0 Å². The summed E-state index contributed by atoms with van der Waals surface area (Å²) >= 11 is 0. The number of halogens is 1. The highest BCUT2D eigenvalue weighted by Gasteiger charge is 2.23. The van der Waals surface area contributed by atoms with Crippen molar-refractivity contribution in [3.63, 3.8) is 0 Å². The molecular formula is C22H28FN5O2. The SMILES string of the molecule is CC(C)(C)OC(=O)NCC1CCC(Nc2cc3c4ccc(F)cc4nn3cn2)CC1. The number of amides is 1. The summed E-state index contributed by atoms with van der Waals surface area (Å²) in [5, 5.41) is 11.7. The minimum Gasteiger partial charge on any atom is -0.444 e. The largest absolute Gasteiger partial charge is 0.444 e. The lowest BCUT2D eigenvalue weighted by atomic mass is 9.86. The summed E-state index contributed by atoms with van der Waals surface area (Å²) in [7, 11) is 0. The zero-order valence-corrected chi connectivity index (χ0v) is 17.6. The van der Waals surface area contributed by atoms with Gasteiger partial charge in [0.1, 0.15) is 23.6 Å². The van der Waals surface area contributed by atoms with E-state index in [1.165, 1.54) is 12.1 Å². The Kier molecular flexibility index (Phi) is 5.49. The van der Waals surface area contributed by atoms with Crippen LogP contribution in [-0.4, -0.2) is 38.9 Å². The first-order valence-electron chi connectivity index (χ1n) is 10.4. The van der Waals surface area contributed by atoms with E-state index in [1.54, 1.807) is 16.9 Å². The lowest BCUT2D eigenvalue weighted by Crippen LogP contribution is -2.37. The Labute approximate surface area is 175 Å². The number of carbonyl (C=O) groups is 1. The Morgan fingerprint density at radius 1 is 1.23 bits per heavy atom. The Morgan fingerprint density at radius 3 is 2.73 bits per heavy atom. The first-order chi connectivity index (χ1) is 14.3. The van der Waals surface area contributed by atoms with E-state index in [4.69, 9.17) is 4.74 Å². The molecule has 1 aliphatic rings. The topological polar surface area (TPSA) is 80.5 Å². The maximum absolute atomic E-state index is 13.4. The third-order valence-corrected chi connectivity index (χ3v) is 5.41. The summed E-state index contributed by atoms with van der Waals surface area (Å²) in [5.41, 5.74) is 1.04. The third-order valence-electron chi connectivity index (χ3n) is 5.41. The second kappa shape index (κ2) is 8.08. The van der Waals surface area contributed by atoms with E-state index in [9.17, 15) is 9.18 Å². The molecule has 7 nitrogen and oxygen atoms in total. The van der Waals surface area contributed by atoms with Gasteiger partial charge in [-0.15, -0.1) is 0 Å². The van der Waals surface area contributed by atoms with E-state index in [0.717, 1.165) is 42.4 Å². The summed E-state index contributed by atoms with van der Waals surface area (Å²) < 4.78 is 20.4. The van der Waals surface area contributed by atoms with Crippen molar-refractivity contribution in [2.24, 2.45) is 5.92 Å². The van der Waals surface area contributed by atoms with Crippen molar-refractivity contribution in [3.8, 4) is 0 Å². The van der Waals surface area contributed by atoms with Crippen LogP contribution in [0.4, 0.5) is 15.0 Å². The van der Waals surface area contributed by atoms with Crippen LogP contribution in [-0.2, 0) is 4.74 Å². The van der Waals surface area contributed by atoms with Crippen molar-refractivity contribution in [2.75, 3.05) is 11.9 Å². The van der Waals surface area contributed by atoms with Gasteiger partial charge in [0, 0.05) is 30.1 Å². The van der Waals surface area contributed by atoms with E-state index in [2.05, 4.69) is 20.7 Å².